The lowest BCUT2D eigenvalue weighted by Crippen LogP contribution is -2.13. The van der Waals surface area contributed by atoms with E-state index in [1.165, 1.54) is 37.4 Å². The fourth-order valence-corrected chi connectivity index (χ4v) is 2.58. The number of ketones is 1. The summed E-state index contributed by atoms with van der Waals surface area (Å²) < 4.78 is 38.4. The minimum atomic E-state index is -4.50. The molecule has 1 heterocycles. The van der Waals surface area contributed by atoms with Crippen LogP contribution >= 0.6 is 0 Å². The number of nitrogens with one attached hydrogen (secondary N) is 2. The fourth-order valence-electron chi connectivity index (χ4n) is 2.58. The Kier molecular flexibility index (Phi) is 5.63. The van der Waals surface area contributed by atoms with E-state index in [9.17, 15) is 22.8 Å². The molecule has 0 radical (unpaired) electrons. The zero-order chi connectivity index (χ0) is 21.0. The minimum absolute atomic E-state index is 0.0327. The second-order valence-electron chi connectivity index (χ2n) is 6.22. The van der Waals surface area contributed by atoms with Crippen LogP contribution in [0, 0.1) is 0 Å². The highest BCUT2D eigenvalue weighted by atomic mass is 19.4. The molecule has 5 nitrogen and oxygen atoms in total. The van der Waals surface area contributed by atoms with Gasteiger partial charge in [0.05, 0.1) is 5.56 Å². The second kappa shape index (κ2) is 8.14. The molecular formula is C21H16F3N3O2. The number of benzene rings is 2. The van der Waals surface area contributed by atoms with Crippen molar-refractivity contribution in [3.63, 3.8) is 0 Å². The van der Waals surface area contributed by atoms with Gasteiger partial charge in [-0.25, -0.2) is 4.98 Å². The lowest BCUT2D eigenvalue weighted by atomic mass is 10.1. The van der Waals surface area contributed by atoms with Crippen LogP contribution in [0.25, 0.3) is 0 Å². The highest BCUT2D eigenvalue weighted by molar-refractivity contribution is 6.04. The van der Waals surface area contributed by atoms with Gasteiger partial charge in [-0.3, -0.25) is 9.59 Å². The van der Waals surface area contributed by atoms with Crippen molar-refractivity contribution in [3.05, 3.63) is 83.6 Å². The number of rotatable bonds is 5. The van der Waals surface area contributed by atoms with Crippen LogP contribution in [0.4, 0.5) is 30.4 Å². The van der Waals surface area contributed by atoms with Gasteiger partial charge in [0.15, 0.2) is 5.78 Å². The molecule has 3 rings (SSSR count). The molecule has 0 aliphatic heterocycles. The van der Waals surface area contributed by atoms with Crippen LogP contribution in [-0.4, -0.2) is 16.7 Å². The normalized spacial score (nSPS) is 11.0. The molecule has 2 aromatic carbocycles. The van der Waals surface area contributed by atoms with E-state index in [1.54, 1.807) is 24.3 Å². The maximum Gasteiger partial charge on any atom is 0.416 e. The molecular weight excluding hydrogens is 383 g/mol. The Hall–Kier alpha value is -3.68. The van der Waals surface area contributed by atoms with Gasteiger partial charge >= 0.3 is 6.18 Å². The topological polar surface area (TPSA) is 71.1 Å². The summed E-state index contributed by atoms with van der Waals surface area (Å²) in [6, 6.07) is 14.1. The summed E-state index contributed by atoms with van der Waals surface area (Å²) in [4.78, 5) is 28.0. The van der Waals surface area contributed by atoms with Crippen molar-refractivity contribution < 1.29 is 22.8 Å². The lowest BCUT2D eigenvalue weighted by Gasteiger charge is -2.11. The molecule has 29 heavy (non-hydrogen) atoms. The third kappa shape index (κ3) is 5.19. The van der Waals surface area contributed by atoms with Crippen molar-refractivity contribution in [2.45, 2.75) is 13.1 Å². The standard InChI is InChI=1S/C21H16F3N3O2/c1-13(28)14-4-2-6-17(10-14)26-19-11-15(8-9-25-19)20(29)27-18-7-3-5-16(12-18)21(22,23)24/h2-12H,1H3,(H,25,26)(H,27,29). The zero-order valence-electron chi connectivity index (χ0n) is 15.2. The summed E-state index contributed by atoms with van der Waals surface area (Å²) in [6.45, 7) is 1.45. The Morgan fingerprint density at radius 2 is 1.62 bits per heavy atom. The van der Waals surface area contributed by atoms with Crippen LogP contribution in [0.5, 0.6) is 0 Å². The summed E-state index contributed by atoms with van der Waals surface area (Å²) >= 11 is 0. The number of carbonyl (C=O) groups excluding carboxylic acids is 2. The van der Waals surface area contributed by atoms with Gasteiger partial charge in [0.1, 0.15) is 5.82 Å². The summed E-state index contributed by atoms with van der Waals surface area (Å²) in [5.41, 5.74) is 0.528. The van der Waals surface area contributed by atoms with Gasteiger partial charge in [0.25, 0.3) is 5.91 Å². The Bertz CT molecular complexity index is 1060. The Balaban J connectivity index is 1.76. The van der Waals surface area contributed by atoms with Gasteiger partial charge in [0, 0.05) is 28.7 Å². The van der Waals surface area contributed by atoms with Crippen molar-refractivity contribution in [2.24, 2.45) is 0 Å². The first-order valence-electron chi connectivity index (χ1n) is 8.55. The minimum Gasteiger partial charge on any atom is -0.340 e. The van der Waals surface area contributed by atoms with E-state index in [4.69, 9.17) is 0 Å². The number of nitrogens with zero attached hydrogens (tertiary/aromatic N) is 1. The number of pyridine rings is 1. The van der Waals surface area contributed by atoms with Crippen LogP contribution in [0.15, 0.2) is 66.9 Å². The first kappa shape index (κ1) is 20.1. The van der Waals surface area contributed by atoms with Crippen molar-refractivity contribution in [1.82, 2.24) is 4.98 Å². The number of Topliss-reactive ketones (excluding diaryl/α,β-unsaturated/α-hetero) is 1. The average Bonchev–Trinajstić information content (AvgIpc) is 2.68. The SMILES string of the molecule is CC(=O)c1cccc(Nc2cc(C(=O)Nc3cccc(C(F)(F)F)c3)ccn2)c1. The molecule has 1 aromatic heterocycles. The number of amides is 1. The number of aromatic nitrogens is 1. The molecule has 1 amide bonds. The van der Waals surface area contributed by atoms with E-state index in [2.05, 4.69) is 15.6 Å². The number of anilines is 3. The van der Waals surface area contributed by atoms with Crippen molar-refractivity contribution in [2.75, 3.05) is 10.6 Å². The summed E-state index contributed by atoms with van der Waals surface area (Å²) in [7, 11) is 0. The van der Waals surface area contributed by atoms with Crippen molar-refractivity contribution >= 4 is 28.9 Å². The van der Waals surface area contributed by atoms with Gasteiger partial charge in [0.2, 0.25) is 0 Å². The Morgan fingerprint density at radius 1 is 0.897 bits per heavy atom. The van der Waals surface area contributed by atoms with Crippen LogP contribution in [0.2, 0.25) is 0 Å². The van der Waals surface area contributed by atoms with Crippen LogP contribution in [-0.2, 0) is 6.18 Å². The van der Waals surface area contributed by atoms with E-state index in [-0.39, 0.29) is 17.0 Å². The molecule has 0 unspecified atom stereocenters. The quantitative estimate of drug-likeness (QED) is 0.571. The van der Waals surface area contributed by atoms with E-state index in [0.717, 1.165) is 12.1 Å². The van der Waals surface area contributed by atoms with Gasteiger partial charge in [-0.15, -0.1) is 0 Å². The van der Waals surface area contributed by atoms with Crippen molar-refractivity contribution in [3.8, 4) is 0 Å². The largest absolute Gasteiger partial charge is 0.416 e. The summed E-state index contributed by atoms with van der Waals surface area (Å²) in [5, 5.41) is 5.44. The molecule has 8 heteroatoms. The average molecular weight is 399 g/mol. The number of halogens is 3. The third-order valence-corrected chi connectivity index (χ3v) is 4.01. The zero-order valence-corrected chi connectivity index (χ0v) is 15.2. The molecule has 148 valence electrons. The molecule has 0 atom stereocenters. The van der Waals surface area contributed by atoms with Gasteiger partial charge in [-0.05, 0) is 49.4 Å². The molecule has 0 saturated carbocycles. The summed E-state index contributed by atoms with van der Waals surface area (Å²) in [5.74, 6) is -0.314. The first-order chi connectivity index (χ1) is 13.7. The fraction of sp³-hybridized carbons (Fsp3) is 0.0952. The van der Waals surface area contributed by atoms with E-state index < -0.39 is 17.6 Å². The number of hydrogen-bond acceptors (Lipinski definition) is 4. The molecule has 3 aromatic rings. The molecule has 0 aliphatic rings. The maximum atomic E-state index is 12.8. The molecule has 0 fully saturated rings. The molecule has 2 N–H and O–H groups in total. The highest BCUT2D eigenvalue weighted by Crippen LogP contribution is 2.30. The summed E-state index contributed by atoms with van der Waals surface area (Å²) in [6.07, 6.45) is -3.10. The first-order valence-corrected chi connectivity index (χ1v) is 8.55. The Labute approximate surface area is 164 Å². The number of hydrogen-bond donors (Lipinski definition) is 2. The second-order valence-corrected chi connectivity index (χ2v) is 6.22. The monoisotopic (exact) mass is 399 g/mol. The van der Waals surface area contributed by atoms with E-state index in [1.807, 2.05) is 0 Å². The van der Waals surface area contributed by atoms with Gasteiger partial charge in [-0.1, -0.05) is 18.2 Å². The highest BCUT2D eigenvalue weighted by Gasteiger charge is 2.30. The van der Waals surface area contributed by atoms with Crippen molar-refractivity contribution in [1.29, 1.82) is 0 Å². The molecule has 0 saturated heterocycles. The van der Waals surface area contributed by atoms with Crippen LogP contribution in [0.3, 0.4) is 0 Å². The third-order valence-electron chi connectivity index (χ3n) is 4.01. The van der Waals surface area contributed by atoms with Gasteiger partial charge in [-0.2, -0.15) is 13.2 Å². The maximum absolute atomic E-state index is 12.8. The number of carbonyl (C=O) groups is 2. The Morgan fingerprint density at radius 3 is 2.34 bits per heavy atom. The van der Waals surface area contributed by atoms with Crippen LogP contribution < -0.4 is 10.6 Å². The predicted octanol–water partition coefficient (Wildman–Crippen LogP) is 5.30. The van der Waals surface area contributed by atoms with E-state index in [0.29, 0.717) is 17.1 Å². The number of alkyl halides is 3. The molecule has 0 aliphatic carbocycles. The smallest absolute Gasteiger partial charge is 0.340 e. The van der Waals surface area contributed by atoms with E-state index >= 15 is 0 Å². The predicted molar refractivity (Wildman–Crippen MR) is 103 cm³/mol. The van der Waals surface area contributed by atoms with Gasteiger partial charge < -0.3 is 10.6 Å². The molecule has 0 bridgehead atoms. The van der Waals surface area contributed by atoms with Crippen LogP contribution in [0.1, 0.15) is 33.2 Å². The lowest BCUT2D eigenvalue weighted by molar-refractivity contribution is -0.137. The molecule has 0 spiro atoms.